The highest BCUT2D eigenvalue weighted by Crippen LogP contribution is 2.24. The van der Waals surface area contributed by atoms with Crippen molar-refractivity contribution >= 4 is 29.5 Å². The maximum Gasteiger partial charge on any atom is 0.252 e. The highest BCUT2D eigenvalue weighted by Gasteiger charge is 2.47. The van der Waals surface area contributed by atoms with E-state index in [1.54, 1.807) is 56.3 Å². The van der Waals surface area contributed by atoms with Crippen molar-refractivity contribution < 1.29 is 53.9 Å². The summed E-state index contributed by atoms with van der Waals surface area (Å²) < 4.78 is 11.4. The minimum atomic E-state index is -1.72. The van der Waals surface area contributed by atoms with Crippen molar-refractivity contribution in [1.82, 2.24) is 21.3 Å². The molecule has 12 N–H and O–H groups in total. The number of rotatable bonds is 29. The first kappa shape index (κ1) is 54.7. The van der Waals surface area contributed by atoms with Crippen LogP contribution in [0.5, 0.6) is 5.75 Å². The number of aromatic hydroxyl groups is 1. The van der Waals surface area contributed by atoms with Crippen molar-refractivity contribution in [1.29, 1.82) is 0 Å². The molecule has 0 saturated carbocycles. The molecule has 3 rings (SSSR count). The lowest BCUT2D eigenvalue weighted by atomic mass is 9.95. The molecule has 65 heavy (non-hydrogen) atoms. The summed E-state index contributed by atoms with van der Waals surface area (Å²) in [4.78, 5) is 66.6. The molecule has 0 unspecified atom stereocenters. The van der Waals surface area contributed by atoms with Crippen LogP contribution in [0, 0.1) is 13.8 Å². The molecular formula is C48H76N6O11. The first-order valence-electron chi connectivity index (χ1n) is 23.3. The Hall–Kier alpha value is -4.65. The molecule has 5 amide bonds. The molecule has 2 aromatic carbocycles. The Morgan fingerprint density at radius 1 is 0.754 bits per heavy atom. The number of unbranched alkanes of at least 4 members (excludes halogenated alkanes) is 10. The number of primary amides is 1. The average molecular weight is 913 g/mol. The molecule has 1 fully saturated rings. The van der Waals surface area contributed by atoms with Gasteiger partial charge >= 0.3 is 0 Å². The Labute approximate surface area is 384 Å². The van der Waals surface area contributed by atoms with Crippen LogP contribution in [0.4, 0.5) is 0 Å². The van der Waals surface area contributed by atoms with Crippen molar-refractivity contribution in [3.8, 4) is 5.75 Å². The molecule has 364 valence electrons. The first-order valence-corrected chi connectivity index (χ1v) is 23.3. The number of aliphatic hydroxyl groups excluding tert-OH is 3. The normalized spacial score (nSPS) is 20.0. The second-order valence-corrected chi connectivity index (χ2v) is 17.9. The van der Waals surface area contributed by atoms with Crippen molar-refractivity contribution in [3.05, 3.63) is 64.7 Å². The van der Waals surface area contributed by atoms with E-state index in [0.29, 0.717) is 12.0 Å². The topological polar surface area (TPSA) is 285 Å². The molecule has 17 heteroatoms. The summed E-state index contributed by atoms with van der Waals surface area (Å²) in [5, 5.41) is 52.5. The third-order valence-electron chi connectivity index (χ3n) is 11.9. The number of ether oxygens (including phenoxy) is 2. The molecule has 0 radical (unpaired) electrons. The average Bonchev–Trinajstić information content (AvgIpc) is 3.25. The van der Waals surface area contributed by atoms with Gasteiger partial charge in [-0.05, 0) is 94.2 Å². The van der Waals surface area contributed by atoms with Crippen molar-refractivity contribution in [2.45, 2.75) is 185 Å². The number of aliphatic hydroxyl groups is 3. The maximum atomic E-state index is 14.1. The number of phenols is 1. The third kappa shape index (κ3) is 18.3. The van der Waals surface area contributed by atoms with Crippen LogP contribution in [0.2, 0.25) is 0 Å². The van der Waals surface area contributed by atoms with Crippen LogP contribution in [-0.2, 0) is 46.3 Å². The molecule has 17 nitrogen and oxygen atoms in total. The fourth-order valence-corrected chi connectivity index (χ4v) is 7.72. The van der Waals surface area contributed by atoms with Gasteiger partial charge in [0.1, 0.15) is 41.7 Å². The third-order valence-corrected chi connectivity index (χ3v) is 11.9. The van der Waals surface area contributed by atoms with E-state index >= 15 is 0 Å². The van der Waals surface area contributed by atoms with Crippen LogP contribution in [0.25, 0.3) is 0 Å². The summed E-state index contributed by atoms with van der Waals surface area (Å²) in [6.45, 7) is 8.95. The van der Waals surface area contributed by atoms with E-state index in [1.807, 2.05) is 0 Å². The standard InChI is InChI=1S/C48H76N6O11/c1-6-7-8-9-10-11-12-13-14-20-25-64-46-40(58)38(56)39(57)41(65-46)45(62)51-24-19-18-23-36(52-42(59)35(49)29-34-30(2)26-33(55)27-31(34)3)43(60)53-37(28-32-21-16-15-17-22-32)44(61)54-48(4,5)47(50)63/h15-17,21-22,26-27,35-41,46,55-58H,6-14,18-20,23-25,28-29,49H2,1-5H3,(H2,50,63)(H,51,62)(H,52,59)(H,53,60)(H,54,61)/t35-,36+,37-,38-,39-,40+,41-,46+/m0/s1. The van der Waals surface area contributed by atoms with E-state index < -0.39 is 83.9 Å². The lowest BCUT2D eigenvalue weighted by Crippen LogP contribution is -2.62. The molecule has 1 aliphatic rings. The Kier molecular flexibility index (Phi) is 23.3. The molecule has 1 saturated heterocycles. The zero-order valence-corrected chi connectivity index (χ0v) is 39.0. The minimum absolute atomic E-state index is 0.0465. The maximum absolute atomic E-state index is 14.1. The lowest BCUT2D eigenvalue weighted by molar-refractivity contribution is -0.290. The number of aryl methyl sites for hydroxylation is 2. The predicted octanol–water partition coefficient (Wildman–Crippen LogP) is 2.50. The van der Waals surface area contributed by atoms with E-state index in [4.69, 9.17) is 20.9 Å². The zero-order valence-electron chi connectivity index (χ0n) is 39.0. The van der Waals surface area contributed by atoms with Gasteiger partial charge in [-0.1, -0.05) is 95.0 Å². The van der Waals surface area contributed by atoms with Gasteiger partial charge in [0.05, 0.1) is 6.04 Å². The number of nitrogens with one attached hydrogen (secondary N) is 4. The fourth-order valence-electron chi connectivity index (χ4n) is 7.72. The SMILES string of the molecule is CCCCCCCCCCCCO[C@@H]1O[C@H](C(=O)NCCCC[C@@H](NC(=O)[C@@H](N)Cc2c(C)cc(O)cc2C)C(=O)N[C@@H](Cc2ccccc2)C(=O)NC(C)(C)C(N)=O)[C@@H](O)[C@H](O)[C@H]1O. The van der Waals surface area contributed by atoms with Crippen LogP contribution >= 0.6 is 0 Å². The van der Waals surface area contributed by atoms with E-state index in [0.717, 1.165) is 36.0 Å². The molecule has 0 bridgehead atoms. The highest BCUT2D eigenvalue weighted by molar-refractivity contribution is 5.95. The van der Waals surface area contributed by atoms with E-state index in [2.05, 4.69) is 28.2 Å². The summed E-state index contributed by atoms with van der Waals surface area (Å²) in [6.07, 6.45) is 4.19. The summed E-state index contributed by atoms with van der Waals surface area (Å²) in [5.74, 6) is -3.46. The molecule has 1 aliphatic heterocycles. The Morgan fingerprint density at radius 3 is 1.94 bits per heavy atom. The molecule has 2 aromatic rings. The quantitative estimate of drug-likeness (QED) is 0.0528. The number of carbonyl (C=O) groups excluding carboxylic acids is 5. The monoisotopic (exact) mass is 913 g/mol. The lowest BCUT2D eigenvalue weighted by Gasteiger charge is -2.39. The Balaban J connectivity index is 1.64. The number of phenolic OH excluding ortho intramolecular Hbond substituents is 1. The number of hydrogen-bond donors (Lipinski definition) is 10. The van der Waals surface area contributed by atoms with E-state index in [9.17, 15) is 44.4 Å². The first-order chi connectivity index (χ1) is 30.9. The zero-order chi connectivity index (χ0) is 48.1. The van der Waals surface area contributed by atoms with Gasteiger partial charge in [-0.2, -0.15) is 0 Å². The van der Waals surface area contributed by atoms with Gasteiger partial charge < -0.3 is 62.6 Å². The van der Waals surface area contributed by atoms with Crippen molar-refractivity contribution in [2.75, 3.05) is 13.2 Å². The summed E-state index contributed by atoms with van der Waals surface area (Å²) in [7, 11) is 0. The van der Waals surface area contributed by atoms with Gasteiger partial charge in [-0.25, -0.2) is 0 Å². The van der Waals surface area contributed by atoms with Crippen LogP contribution in [-0.4, -0.2) is 117 Å². The second kappa shape index (κ2) is 27.7. The molecule has 0 aromatic heterocycles. The van der Waals surface area contributed by atoms with Gasteiger partial charge in [-0.15, -0.1) is 0 Å². The molecule has 1 heterocycles. The number of amides is 5. The van der Waals surface area contributed by atoms with Gasteiger partial charge in [0.2, 0.25) is 23.6 Å². The Morgan fingerprint density at radius 2 is 1.34 bits per heavy atom. The van der Waals surface area contributed by atoms with Crippen LogP contribution in [0.3, 0.4) is 0 Å². The smallest absolute Gasteiger partial charge is 0.252 e. The predicted molar refractivity (Wildman–Crippen MR) is 246 cm³/mol. The second-order valence-electron chi connectivity index (χ2n) is 17.9. The number of carbonyl (C=O) groups is 5. The minimum Gasteiger partial charge on any atom is -0.508 e. The molecule has 0 aliphatic carbocycles. The van der Waals surface area contributed by atoms with Gasteiger partial charge in [-0.3, -0.25) is 24.0 Å². The highest BCUT2D eigenvalue weighted by atomic mass is 16.7. The largest absolute Gasteiger partial charge is 0.508 e. The van der Waals surface area contributed by atoms with Crippen LogP contribution < -0.4 is 32.7 Å². The van der Waals surface area contributed by atoms with Crippen LogP contribution in [0.1, 0.15) is 126 Å². The molecule has 8 atom stereocenters. The number of benzene rings is 2. The Bertz CT molecular complexity index is 1790. The molecule has 0 spiro atoms. The van der Waals surface area contributed by atoms with Gasteiger partial charge in [0.25, 0.3) is 5.91 Å². The van der Waals surface area contributed by atoms with Crippen molar-refractivity contribution in [2.24, 2.45) is 11.5 Å². The van der Waals surface area contributed by atoms with E-state index in [1.165, 1.54) is 52.4 Å². The molecular weight excluding hydrogens is 837 g/mol. The number of hydrogen-bond acceptors (Lipinski definition) is 12. The van der Waals surface area contributed by atoms with Crippen LogP contribution in [0.15, 0.2) is 42.5 Å². The number of nitrogens with two attached hydrogens (primary N) is 2. The summed E-state index contributed by atoms with van der Waals surface area (Å²) in [5.41, 5.74) is 13.4. The van der Waals surface area contributed by atoms with Gasteiger partial charge in [0, 0.05) is 19.6 Å². The van der Waals surface area contributed by atoms with E-state index in [-0.39, 0.29) is 51.0 Å². The van der Waals surface area contributed by atoms with Gasteiger partial charge in [0.15, 0.2) is 12.4 Å². The fraction of sp³-hybridized carbons (Fsp3) is 0.646. The van der Waals surface area contributed by atoms with Crippen molar-refractivity contribution in [3.63, 3.8) is 0 Å². The summed E-state index contributed by atoms with van der Waals surface area (Å²) >= 11 is 0. The summed E-state index contributed by atoms with van der Waals surface area (Å²) in [6, 6.07) is 8.57.